The number of nitrogens with zero attached hydrogens (tertiary/aromatic N) is 1. The van der Waals surface area contributed by atoms with Gasteiger partial charge in [-0.15, -0.1) is 0 Å². The molecule has 1 saturated carbocycles. The molecule has 6 heteroatoms. The van der Waals surface area contributed by atoms with Crippen LogP contribution < -0.4 is 15.0 Å². The summed E-state index contributed by atoms with van der Waals surface area (Å²) in [6.45, 7) is 1.15. The fraction of sp³-hybridized carbons (Fsp3) is 0.280. The van der Waals surface area contributed by atoms with E-state index in [0.29, 0.717) is 18.9 Å². The molecule has 0 saturated heterocycles. The molecule has 1 aliphatic rings. The highest BCUT2D eigenvalue weighted by atomic mass is 16.5. The van der Waals surface area contributed by atoms with Crippen LogP contribution in [0.1, 0.15) is 34.5 Å². The normalized spacial score (nSPS) is 12.9. The molecule has 6 nitrogen and oxygen atoms in total. The molecule has 0 unspecified atom stereocenters. The molecule has 4 rings (SSSR count). The minimum atomic E-state index is -0.226. The monoisotopic (exact) mass is 418 g/mol. The second kappa shape index (κ2) is 9.51. The van der Waals surface area contributed by atoms with E-state index < -0.39 is 0 Å². The lowest BCUT2D eigenvalue weighted by Gasteiger charge is -2.22. The van der Waals surface area contributed by atoms with Gasteiger partial charge in [-0.2, -0.15) is 0 Å². The summed E-state index contributed by atoms with van der Waals surface area (Å²) in [5.41, 5.74) is 2.61. The second-order valence-corrected chi connectivity index (χ2v) is 7.81. The van der Waals surface area contributed by atoms with E-state index in [1.807, 2.05) is 48.5 Å². The number of hydrogen-bond acceptors (Lipinski definition) is 4. The molecule has 0 bridgehead atoms. The zero-order chi connectivity index (χ0) is 21.6. The van der Waals surface area contributed by atoms with Crippen LogP contribution >= 0.6 is 0 Å². The minimum absolute atomic E-state index is 0.0291. The minimum Gasteiger partial charge on any atom is -0.497 e. The molecule has 160 valence electrons. The van der Waals surface area contributed by atoms with Crippen LogP contribution in [0.3, 0.4) is 0 Å². The lowest BCUT2D eigenvalue weighted by Crippen LogP contribution is -2.30. The highest BCUT2D eigenvalue weighted by molar-refractivity contribution is 6.04. The molecule has 2 aromatic carbocycles. The van der Waals surface area contributed by atoms with Gasteiger partial charge in [0, 0.05) is 12.2 Å². The third kappa shape index (κ3) is 5.54. The maximum Gasteiger partial charge on any atom is 0.294 e. The summed E-state index contributed by atoms with van der Waals surface area (Å²) in [7, 11) is 1.62. The molecule has 3 aromatic rings. The average molecular weight is 418 g/mol. The summed E-state index contributed by atoms with van der Waals surface area (Å²) in [5, 5.41) is 2.98. The Morgan fingerprint density at radius 3 is 2.35 bits per heavy atom. The Morgan fingerprint density at radius 2 is 1.74 bits per heavy atom. The van der Waals surface area contributed by atoms with Gasteiger partial charge < -0.3 is 19.4 Å². The van der Waals surface area contributed by atoms with Crippen molar-refractivity contribution in [3.05, 3.63) is 83.8 Å². The van der Waals surface area contributed by atoms with E-state index in [2.05, 4.69) is 5.32 Å². The number of nitrogens with one attached hydrogen (secondary N) is 1. The number of anilines is 1. The van der Waals surface area contributed by atoms with Gasteiger partial charge in [0.05, 0.1) is 26.3 Å². The summed E-state index contributed by atoms with van der Waals surface area (Å²) in [6.07, 6.45) is 4.24. The number of furan rings is 1. The summed E-state index contributed by atoms with van der Waals surface area (Å²) in [4.78, 5) is 26.9. The highest BCUT2D eigenvalue weighted by Gasteiger charge is 2.22. The Bertz CT molecular complexity index is 1010. The topological polar surface area (TPSA) is 71.8 Å². The summed E-state index contributed by atoms with van der Waals surface area (Å²) >= 11 is 0. The van der Waals surface area contributed by atoms with Crippen molar-refractivity contribution in [3.63, 3.8) is 0 Å². The molecular formula is C25H26N2O4. The zero-order valence-corrected chi connectivity index (χ0v) is 17.5. The number of carbonyl (C=O) groups is 2. The van der Waals surface area contributed by atoms with E-state index in [9.17, 15) is 9.59 Å². The predicted octanol–water partition coefficient (Wildman–Crippen LogP) is 4.20. The van der Waals surface area contributed by atoms with Crippen molar-refractivity contribution in [1.82, 2.24) is 5.32 Å². The van der Waals surface area contributed by atoms with Gasteiger partial charge in [0.15, 0.2) is 5.76 Å². The van der Waals surface area contributed by atoms with Gasteiger partial charge in [0.2, 0.25) is 5.91 Å². The van der Waals surface area contributed by atoms with Crippen LogP contribution in [0.15, 0.2) is 71.3 Å². The van der Waals surface area contributed by atoms with Gasteiger partial charge in [-0.05, 0) is 66.3 Å². The molecule has 0 radical (unpaired) electrons. The number of ether oxygens (including phenoxy) is 1. The van der Waals surface area contributed by atoms with Crippen LogP contribution in [-0.4, -0.2) is 25.5 Å². The maximum atomic E-state index is 13.1. The van der Waals surface area contributed by atoms with Crippen molar-refractivity contribution in [2.45, 2.75) is 25.8 Å². The van der Waals surface area contributed by atoms with E-state index in [4.69, 9.17) is 9.15 Å². The summed E-state index contributed by atoms with van der Waals surface area (Å²) in [5.74, 6) is 1.50. The van der Waals surface area contributed by atoms with E-state index in [1.54, 1.807) is 24.1 Å². The predicted molar refractivity (Wildman–Crippen MR) is 118 cm³/mol. The van der Waals surface area contributed by atoms with Gasteiger partial charge in [-0.25, -0.2) is 0 Å². The fourth-order valence-corrected chi connectivity index (χ4v) is 3.35. The molecule has 0 aliphatic heterocycles. The quantitative estimate of drug-likeness (QED) is 0.565. The first kappa shape index (κ1) is 20.7. The Hall–Kier alpha value is -3.54. The van der Waals surface area contributed by atoms with Crippen molar-refractivity contribution in [2.24, 2.45) is 5.92 Å². The molecule has 1 N–H and O–H groups in total. The molecule has 31 heavy (non-hydrogen) atoms. The Labute approximate surface area is 181 Å². The first-order chi connectivity index (χ1) is 15.1. The van der Waals surface area contributed by atoms with Crippen LogP contribution in [0, 0.1) is 5.92 Å². The van der Waals surface area contributed by atoms with Crippen molar-refractivity contribution in [3.8, 4) is 5.75 Å². The Kier molecular flexibility index (Phi) is 6.36. The standard InChI is InChI=1S/C25H26N2O4/c1-30-22-12-8-20(9-13-22)17-27(25(29)23-3-2-14-31-23)21-10-6-18(7-11-21)15-24(28)26-16-19-4-5-19/h2-3,6-14,19H,4-5,15-17H2,1H3,(H,26,28). The first-order valence-electron chi connectivity index (χ1n) is 10.5. The van der Waals surface area contributed by atoms with Crippen molar-refractivity contribution >= 4 is 17.5 Å². The van der Waals surface area contributed by atoms with E-state index in [1.165, 1.54) is 19.1 Å². The van der Waals surface area contributed by atoms with Crippen LogP contribution in [0.5, 0.6) is 5.75 Å². The Balaban J connectivity index is 1.49. The number of benzene rings is 2. The van der Waals surface area contributed by atoms with Crippen LogP contribution in [0.4, 0.5) is 5.69 Å². The maximum absolute atomic E-state index is 13.1. The molecule has 1 heterocycles. The lowest BCUT2D eigenvalue weighted by atomic mass is 10.1. The molecule has 1 aliphatic carbocycles. The van der Waals surface area contributed by atoms with E-state index >= 15 is 0 Å². The van der Waals surface area contributed by atoms with E-state index in [-0.39, 0.29) is 17.6 Å². The van der Waals surface area contributed by atoms with Gasteiger partial charge in [-0.3, -0.25) is 9.59 Å². The van der Waals surface area contributed by atoms with Gasteiger partial charge in [0.1, 0.15) is 5.75 Å². The molecule has 2 amide bonds. The number of hydrogen-bond donors (Lipinski definition) is 1. The molecule has 1 fully saturated rings. The van der Waals surface area contributed by atoms with Gasteiger partial charge >= 0.3 is 0 Å². The number of carbonyl (C=O) groups excluding carboxylic acids is 2. The third-order valence-electron chi connectivity index (χ3n) is 5.37. The second-order valence-electron chi connectivity index (χ2n) is 7.81. The highest BCUT2D eigenvalue weighted by Crippen LogP contribution is 2.27. The first-order valence-corrected chi connectivity index (χ1v) is 10.5. The smallest absolute Gasteiger partial charge is 0.294 e. The van der Waals surface area contributed by atoms with Crippen LogP contribution in [-0.2, 0) is 17.8 Å². The van der Waals surface area contributed by atoms with E-state index in [0.717, 1.165) is 29.1 Å². The van der Waals surface area contributed by atoms with Crippen molar-refractivity contribution < 1.29 is 18.7 Å². The Morgan fingerprint density at radius 1 is 1.03 bits per heavy atom. The number of methoxy groups -OCH3 is 1. The van der Waals surface area contributed by atoms with Crippen LogP contribution in [0.2, 0.25) is 0 Å². The molecular weight excluding hydrogens is 392 g/mol. The fourth-order valence-electron chi connectivity index (χ4n) is 3.35. The lowest BCUT2D eigenvalue weighted by molar-refractivity contribution is -0.120. The number of rotatable bonds is 9. The molecule has 0 atom stereocenters. The van der Waals surface area contributed by atoms with Crippen LogP contribution in [0.25, 0.3) is 0 Å². The third-order valence-corrected chi connectivity index (χ3v) is 5.37. The summed E-state index contributed by atoms with van der Waals surface area (Å²) in [6, 6.07) is 18.5. The summed E-state index contributed by atoms with van der Waals surface area (Å²) < 4.78 is 10.6. The average Bonchev–Trinajstić information content (AvgIpc) is 3.47. The largest absolute Gasteiger partial charge is 0.497 e. The molecule has 1 aromatic heterocycles. The molecule has 0 spiro atoms. The van der Waals surface area contributed by atoms with Crippen molar-refractivity contribution in [1.29, 1.82) is 0 Å². The zero-order valence-electron chi connectivity index (χ0n) is 17.5. The SMILES string of the molecule is COc1ccc(CN(C(=O)c2ccco2)c2ccc(CC(=O)NCC3CC3)cc2)cc1. The number of amides is 2. The van der Waals surface area contributed by atoms with Gasteiger partial charge in [-0.1, -0.05) is 24.3 Å². The van der Waals surface area contributed by atoms with Crippen molar-refractivity contribution in [2.75, 3.05) is 18.6 Å². The van der Waals surface area contributed by atoms with Gasteiger partial charge in [0.25, 0.3) is 5.91 Å².